The molecule has 1 aromatic heterocycles. The molecule has 2 aromatic rings. The van der Waals surface area contributed by atoms with E-state index in [2.05, 4.69) is 62.7 Å². The Hall–Kier alpha value is -0.400. The summed E-state index contributed by atoms with van der Waals surface area (Å²) in [5.74, 6) is 2.11. The monoisotopic (exact) mass is 479 g/mol. The van der Waals surface area contributed by atoms with Gasteiger partial charge in [0.25, 0.3) is 0 Å². The van der Waals surface area contributed by atoms with Gasteiger partial charge in [-0.05, 0) is 69.1 Å². The molecule has 0 bridgehead atoms. The highest BCUT2D eigenvalue weighted by Gasteiger charge is 2.15. The van der Waals surface area contributed by atoms with Gasteiger partial charge >= 0.3 is 0 Å². The molecule has 1 N–H and O–H groups in total. The Morgan fingerprint density at radius 2 is 2.05 bits per heavy atom. The van der Waals surface area contributed by atoms with Gasteiger partial charge in [-0.3, -0.25) is 0 Å². The molecular weight excluding hydrogens is 464 g/mol. The zero-order valence-electron chi connectivity index (χ0n) is 12.0. The molecule has 1 heterocycles. The first-order valence-electron chi connectivity index (χ1n) is 6.62. The highest BCUT2D eigenvalue weighted by molar-refractivity contribution is 14.1. The minimum Gasteiger partial charge on any atom is -0.372 e. The summed E-state index contributed by atoms with van der Waals surface area (Å²) in [6, 6.07) is 5.65. The van der Waals surface area contributed by atoms with Crippen LogP contribution in [-0.4, -0.2) is 17.0 Å². The van der Waals surface area contributed by atoms with Crippen LogP contribution in [0.25, 0.3) is 11.4 Å². The molecule has 0 saturated carbocycles. The maximum atomic E-state index is 6.00. The number of benzene rings is 1. The van der Waals surface area contributed by atoms with Crippen molar-refractivity contribution in [3.63, 3.8) is 0 Å². The Balaban J connectivity index is 2.58. The summed E-state index contributed by atoms with van der Waals surface area (Å²) in [6.07, 6.45) is 0.924. The number of nitrogens with one attached hydrogen (secondary N) is 1. The van der Waals surface area contributed by atoms with Gasteiger partial charge in [0.05, 0.1) is 9.26 Å². The molecule has 2 rings (SSSR count). The van der Waals surface area contributed by atoms with Crippen molar-refractivity contribution in [3.8, 4) is 11.4 Å². The van der Waals surface area contributed by atoms with E-state index in [4.69, 9.17) is 16.6 Å². The number of halogens is 3. The second-order valence-electron chi connectivity index (χ2n) is 5.13. The lowest BCUT2D eigenvalue weighted by molar-refractivity contribution is 0.632. The van der Waals surface area contributed by atoms with Gasteiger partial charge in [0.1, 0.15) is 5.82 Å². The van der Waals surface area contributed by atoms with Crippen LogP contribution < -0.4 is 5.32 Å². The third-order valence-electron chi connectivity index (χ3n) is 2.93. The molecule has 0 spiro atoms. The van der Waals surface area contributed by atoms with E-state index in [1.807, 2.05) is 25.2 Å². The predicted molar refractivity (Wildman–Crippen MR) is 101 cm³/mol. The zero-order chi connectivity index (χ0) is 15.6. The van der Waals surface area contributed by atoms with E-state index in [9.17, 15) is 0 Å². The van der Waals surface area contributed by atoms with Gasteiger partial charge in [0.15, 0.2) is 5.82 Å². The largest absolute Gasteiger partial charge is 0.372 e. The normalized spacial score (nSPS) is 11.0. The van der Waals surface area contributed by atoms with Crippen LogP contribution in [0, 0.1) is 9.49 Å². The van der Waals surface area contributed by atoms with E-state index in [0.717, 1.165) is 31.5 Å². The van der Waals surface area contributed by atoms with Crippen LogP contribution >= 0.6 is 50.1 Å². The van der Waals surface area contributed by atoms with Crippen LogP contribution in [0.5, 0.6) is 0 Å². The van der Waals surface area contributed by atoms with Crippen molar-refractivity contribution in [2.75, 3.05) is 12.4 Å². The Morgan fingerprint density at radius 3 is 2.62 bits per heavy atom. The molecule has 0 atom stereocenters. The highest BCUT2D eigenvalue weighted by atomic mass is 127. The number of hydrogen-bond acceptors (Lipinski definition) is 3. The van der Waals surface area contributed by atoms with Gasteiger partial charge in [-0.25, -0.2) is 9.97 Å². The van der Waals surface area contributed by atoms with Gasteiger partial charge in [0, 0.05) is 22.1 Å². The lowest BCUT2D eigenvalue weighted by Gasteiger charge is -2.13. The van der Waals surface area contributed by atoms with Gasteiger partial charge in [-0.2, -0.15) is 0 Å². The first-order valence-corrected chi connectivity index (χ1v) is 8.87. The molecule has 0 saturated heterocycles. The number of nitrogens with zero attached hydrogens (tertiary/aromatic N) is 2. The van der Waals surface area contributed by atoms with Crippen LogP contribution in [-0.2, 0) is 6.42 Å². The van der Waals surface area contributed by atoms with E-state index >= 15 is 0 Å². The quantitative estimate of drug-likeness (QED) is 0.595. The van der Waals surface area contributed by atoms with Crippen molar-refractivity contribution in [2.45, 2.75) is 20.3 Å². The molecular formula is C15H16BrClIN3. The van der Waals surface area contributed by atoms with Crippen LogP contribution in [0.1, 0.15) is 19.5 Å². The highest BCUT2D eigenvalue weighted by Crippen LogP contribution is 2.31. The van der Waals surface area contributed by atoms with Crippen LogP contribution in [0.2, 0.25) is 5.02 Å². The average Bonchev–Trinajstić information content (AvgIpc) is 2.41. The third kappa shape index (κ3) is 4.07. The maximum Gasteiger partial charge on any atom is 0.162 e. The van der Waals surface area contributed by atoms with Crippen LogP contribution in [0.3, 0.4) is 0 Å². The van der Waals surface area contributed by atoms with E-state index in [1.165, 1.54) is 0 Å². The first-order chi connectivity index (χ1) is 9.92. The average molecular weight is 481 g/mol. The molecule has 0 unspecified atom stereocenters. The van der Waals surface area contributed by atoms with E-state index in [0.29, 0.717) is 16.8 Å². The molecule has 6 heteroatoms. The molecule has 3 nitrogen and oxygen atoms in total. The summed E-state index contributed by atoms with van der Waals surface area (Å²) in [6.45, 7) is 4.38. The Morgan fingerprint density at radius 1 is 1.33 bits per heavy atom. The molecule has 21 heavy (non-hydrogen) atoms. The lowest BCUT2D eigenvalue weighted by Crippen LogP contribution is -2.08. The summed E-state index contributed by atoms with van der Waals surface area (Å²) in [5, 5.41) is 3.84. The SMILES string of the molecule is CNc1nc(-c2ccc(Cl)cc2Br)nc(CC(C)C)c1I. The summed E-state index contributed by atoms with van der Waals surface area (Å²) in [4.78, 5) is 9.37. The van der Waals surface area contributed by atoms with Crippen molar-refractivity contribution in [1.29, 1.82) is 0 Å². The van der Waals surface area contributed by atoms with E-state index < -0.39 is 0 Å². The number of rotatable bonds is 4. The van der Waals surface area contributed by atoms with Crippen molar-refractivity contribution in [2.24, 2.45) is 5.92 Å². The smallest absolute Gasteiger partial charge is 0.162 e. The second kappa shape index (κ2) is 7.24. The van der Waals surface area contributed by atoms with Crippen molar-refractivity contribution in [1.82, 2.24) is 9.97 Å². The molecule has 0 fully saturated rings. The van der Waals surface area contributed by atoms with Gasteiger partial charge in [-0.1, -0.05) is 25.4 Å². The van der Waals surface area contributed by atoms with Gasteiger partial charge in [0.2, 0.25) is 0 Å². The molecule has 0 aliphatic carbocycles. The Bertz CT molecular complexity index is 662. The fourth-order valence-electron chi connectivity index (χ4n) is 1.97. The summed E-state index contributed by atoms with van der Waals surface area (Å²) in [5.41, 5.74) is 2.01. The van der Waals surface area contributed by atoms with E-state index in [-0.39, 0.29) is 0 Å². The fraction of sp³-hybridized carbons (Fsp3) is 0.333. The summed E-state index contributed by atoms with van der Waals surface area (Å²) in [7, 11) is 1.88. The minimum atomic E-state index is 0.541. The fourth-order valence-corrected chi connectivity index (χ4v) is 3.56. The summed E-state index contributed by atoms with van der Waals surface area (Å²) < 4.78 is 1.98. The first kappa shape index (κ1) is 17.0. The predicted octanol–water partition coefficient (Wildman–Crippen LogP) is 5.40. The van der Waals surface area contributed by atoms with E-state index in [1.54, 1.807) is 0 Å². The number of aromatic nitrogens is 2. The Kier molecular flexibility index (Phi) is 5.85. The molecule has 0 radical (unpaired) electrons. The third-order valence-corrected chi connectivity index (χ3v) is 4.95. The van der Waals surface area contributed by atoms with Crippen LogP contribution in [0.4, 0.5) is 5.82 Å². The minimum absolute atomic E-state index is 0.541. The zero-order valence-corrected chi connectivity index (χ0v) is 16.5. The molecule has 0 aliphatic rings. The second-order valence-corrected chi connectivity index (χ2v) is 7.50. The van der Waals surface area contributed by atoms with Gasteiger partial charge in [-0.15, -0.1) is 0 Å². The topological polar surface area (TPSA) is 37.8 Å². The maximum absolute atomic E-state index is 6.00. The Labute approximate surface area is 152 Å². The van der Waals surface area contributed by atoms with Crippen molar-refractivity contribution in [3.05, 3.63) is 37.0 Å². The van der Waals surface area contributed by atoms with Crippen molar-refractivity contribution >= 4 is 55.9 Å². The lowest BCUT2D eigenvalue weighted by atomic mass is 10.1. The molecule has 0 aliphatic heterocycles. The van der Waals surface area contributed by atoms with Gasteiger partial charge < -0.3 is 5.32 Å². The molecule has 0 amide bonds. The molecule has 112 valence electrons. The molecule has 1 aromatic carbocycles. The number of hydrogen-bond donors (Lipinski definition) is 1. The van der Waals surface area contributed by atoms with Crippen molar-refractivity contribution < 1.29 is 0 Å². The van der Waals surface area contributed by atoms with Crippen LogP contribution in [0.15, 0.2) is 22.7 Å². The number of anilines is 1. The summed E-state index contributed by atoms with van der Waals surface area (Å²) >= 11 is 11.8. The standard InChI is InChI=1S/C15H16BrClIN3/c1-8(2)6-12-13(18)15(19-3)21-14(20-12)10-5-4-9(17)7-11(10)16/h4-5,7-8H,6H2,1-3H3,(H,19,20,21).